The van der Waals surface area contributed by atoms with Gasteiger partial charge in [0.15, 0.2) is 5.82 Å². The molecule has 5 aromatic heterocycles. The van der Waals surface area contributed by atoms with E-state index in [9.17, 15) is 49.5 Å². The first-order valence-corrected chi connectivity index (χ1v) is 54.3. The van der Waals surface area contributed by atoms with Crippen LogP contribution in [0.2, 0.25) is 25.1 Å². The molecule has 14 heterocycles. The second kappa shape index (κ2) is 48.6. The summed E-state index contributed by atoms with van der Waals surface area (Å²) in [5, 5.41) is 66.5. The molecule has 780 valence electrons. The molecule has 9 saturated heterocycles. The highest BCUT2D eigenvalue weighted by Crippen LogP contribution is 2.48. The van der Waals surface area contributed by atoms with Crippen LogP contribution in [-0.2, 0) is 19.1 Å². The van der Waals surface area contributed by atoms with Gasteiger partial charge >= 0.3 is 23.9 Å². The summed E-state index contributed by atoms with van der Waals surface area (Å²) in [5.41, 5.74) is 9.61. The lowest BCUT2D eigenvalue weighted by atomic mass is 9.67. The maximum absolute atomic E-state index is 12.6. The lowest BCUT2D eigenvalue weighted by molar-refractivity contribution is -0.152. The number of halogens is 5. The van der Waals surface area contributed by atoms with Gasteiger partial charge in [-0.3, -0.25) is 24.2 Å². The minimum atomic E-state index is -1.07. The first-order chi connectivity index (χ1) is 69.6. The number of nitrogens with one attached hydrogen (secondary N) is 4. The number of hydrogen-bond acceptors (Lipinski definition) is 29. The van der Waals surface area contributed by atoms with Gasteiger partial charge in [0.2, 0.25) is 29.7 Å². The number of β-amino-alcohol motifs (C(OH)–C–C–N with tert-alkyl or cyclic N) is 2. The molecular weight excluding hydrogens is 1960 g/mol. The Morgan fingerprint density at radius 3 is 1.34 bits per heavy atom. The fraction of sp³-hybridized carbons (Fsp3) is 0.561. The number of thiophene rings is 1. The van der Waals surface area contributed by atoms with Gasteiger partial charge in [0.25, 0.3) is 0 Å². The van der Waals surface area contributed by atoms with Gasteiger partial charge in [0.05, 0.1) is 66.3 Å². The van der Waals surface area contributed by atoms with Crippen LogP contribution in [-0.4, -0.2) is 282 Å². The molecule has 32 nitrogen and oxygen atoms in total. The van der Waals surface area contributed by atoms with Crippen LogP contribution in [0.3, 0.4) is 0 Å². The predicted molar refractivity (Wildman–Crippen MR) is 574 cm³/mol. The maximum atomic E-state index is 12.6. The lowest BCUT2D eigenvalue weighted by Crippen LogP contribution is -2.61. The van der Waals surface area contributed by atoms with Crippen molar-refractivity contribution in [3.05, 3.63) is 184 Å². The number of aliphatic hydroxyl groups is 2. The van der Waals surface area contributed by atoms with Crippen molar-refractivity contribution in [1.82, 2.24) is 64.4 Å². The number of aliphatic carboxylic acids is 2. The molecule has 0 radical (unpaired) electrons. The van der Waals surface area contributed by atoms with Crippen LogP contribution in [0.1, 0.15) is 208 Å². The average molecular weight is 2110 g/mol. The number of fused-ring (bicyclic) bond motifs is 1. The highest BCUT2D eigenvalue weighted by Gasteiger charge is 2.51. The van der Waals surface area contributed by atoms with Gasteiger partial charge in [-0.15, -0.1) is 11.3 Å². The Morgan fingerprint density at radius 2 is 0.890 bits per heavy atom. The molecule has 0 bridgehead atoms. The van der Waals surface area contributed by atoms with E-state index in [1.165, 1.54) is 44.7 Å². The Kier molecular flexibility index (Phi) is 36.2. The summed E-state index contributed by atoms with van der Waals surface area (Å²) < 4.78 is 6.31. The Morgan fingerprint density at radius 1 is 0.462 bits per heavy atom. The molecule has 19 rings (SSSR count). The molecule has 9 N–H and O–H groups in total. The van der Waals surface area contributed by atoms with E-state index in [4.69, 9.17) is 82.7 Å². The van der Waals surface area contributed by atoms with E-state index < -0.39 is 29.9 Å². The number of aromatic nitrogens is 8. The SMILES string of the molecule is CCOC(=O)c1cnc(N2CC(C3CCCN(CCO)C3)C2)nc1NC(C)c1ccc(C)cc1Cl.Cc1ccc(C(C)Nc2nc(N3CC(C4CCCN(C5(C)CC(C(=O)O)C5)C4)C3)nc3ccsc23)c(Cl)c1.Cc1ccc(C(C)Nc2nc(N3CC(C4CCCN(CCN5CCCC5=O)C4C(=O)O)C3)ncc2Cl)c(Cl)c1.Cc1ccc(C(C)Nc2nc(N3CC(C4CCCN(CCO)C4)C3)ncc2C(=O)O)c(Cl)c1. The number of aromatic carboxylic acids is 1. The fourth-order valence-electron chi connectivity index (χ4n) is 22.8. The van der Waals surface area contributed by atoms with E-state index in [1.54, 1.807) is 30.7 Å². The van der Waals surface area contributed by atoms with Crippen LogP contribution in [0.5, 0.6) is 0 Å². The molecule has 9 aromatic rings. The summed E-state index contributed by atoms with van der Waals surface area (Å²) in [7, 11) is 0. The van der Waals surface area contributed by atoms with E-state index in [2.05, 4.69) is 118 Å². The standard InChI is InChI=1S/C29H36ClN5O2S.C28H36Cl2N6O3.C26H36ClN5O3.C24H32ClN5O3/c1-17-6-7-22(23(30)11-17)18(2)31-26-25-24(8-10-38-25)32-28(33-26)34-14-21(15-34)19-5-4-9-35(16-19)29(3)12-20(13-29)27(36)37;1-17-7-8-20(22(29)13-17)18(2)32-26-23(30)14-31-28(33-26)36-15-19(16-36)21-5-3-10-35(25(21)27(38)39)12-11-34-9-4-6-24(34)37;1-4-35-25(34)22-13-28-26(30-24(22)29-18(3)21-8-7-17(2)12-23(21)27)32-15-20(16-32)19-6-5-9-31(14-19)10-11-33;1-15-5-6-19(21(25)10-15)16(2)27-22-20(23(32)33)11-26-24(28-22)30-13-18(14-30)17-4-3-7-29(12-17)8-9-31/h6-8,10-11,18-21H,4-5,9,12-16H2,1-3H3,(H,36,37)(H,31,32,33);7-8,13-14,18-19,21,25H,3-6,9-12,15-16H2,1-2H3,(H,38,39)(H,31,32,33);7-8,12-13,18-20,33H,4-6,9-11,14-16H2,1-3H3,(H,28,29,30);5-6,10-11,16-18,31H,3-4,7-9,12-14H2,1-2H3,(H,32,33)(H,26,27,28). The third kappa shape index (κ3) is 26.2. The quantitative estimate of drug-likeness (QED) is 0.0173. The van der Waals surface area contributed by atoms with Crippen LogP contribution < -0.4 is 40.9 Å². The van der Waals surface area contributed by atoms with Crippen LogP contribution in [0.4, 0.5) is 47.1 Å². The number of ether oxygens (including phenoxy) is 1. The van der Waals surface area contributed by atoms with Crippen molar-refractivity contribution in [2.75, 3.05) is 192 Å². The number of aliphatic hydroxyl groups excluding tert-OH is 2. The summed E-state index contributed by atoms with van der Waals surface area (Å²) in [4.78, 5) is 117. The fourth-order valence-corrected chi connectivity index (χ4v) is 25.3. The number of anilines is 8. The molecular formula is C107H140Cl5N21O11S. The first kappa shape index (κ1) is 108. The molecule has 145 heavy (non-hydrogen) atoms. The Labute approximate surface area is 879 Å². The highest BCUT2D eigenvalue weighted by atomic mass is 35.5. The van der Waals surface area contributed by atoms with E-state index in [-0.39, 0.29) is 78.8 Å². The second-order valence-electron chi connectivity index (χ2n) is 41.7. The molecule has 38 heteroatoms. The third-order valence-corrected chi connectivity index (χ3v) is 33.8. The number of carbonyl (C=O) groups is 5. The Balaban J connectivity index is 0.000000139. The predicted octanol–water partition coefficient (Wildman–Crippen LogP) is 18.1. The zero-order chi connectivity index (χ0) is 103. The number of likely N-dealkylation sites (tertiary alicyclic amines) is 5. The van der Waals surface area contributed by atoms with Gasteiger partial charge in [0, 0.05) is 149 Å². The average Bonchev–Trinajstić information content (AvgIpc) is 1.73. The number of carboxylic acids is 3. The highest BCUT2D eigenvalue weighted by molar-refractivity contribution is 7.17. The van der Waals surface area contributed by atoms with Crippen molar-refractivity contribution >= 4 is 156 Å². The van der Waals surface area contributed by atoms with E-state index >= 15 is 0 Å². The summed E-state index contributed by atoms with van der Waals surface area (Å²) in [6, 6.07) is 25.0. The number of carbonyl (C=O) groups excluding carboxylic acids is 2. The van der Waals surface area contributed by atoms with Crippen molar-refractivity contribution in [3.8, 4) is 0 Å². The molecule has 9 aliphatic heterocycles. The minimum Gasteiger partial charge on any atom is -0.481 e. The molecule has 1 aliphatic carbocycles. The molecule has 9 atom stereocenters. The first-order valence-electron chi connectivity index (χ1n) is 51.6. The lowest BCUT2D eigenvalue weighted by Gasteiger charge is -2.55. The van der Waals surface area contributed by atoms with Crippen molar-refractivity contribution in [2.45, 2.75) is 182 Å². The van der Waals surface area contributed by atoms with Crippen molar-refractivity contribution < 1.29 is 54.2 Å². The van der Waals surface area contributed by atoms with Gasteiger partial charge in [-0.05, 0) is 294 Å². The van der Waals surface area contributed by atoms with Crippen LogP contribution in [0.25, 0.3) is 10.2 Å². The number of piperidine rings is 4. The van der Waals surface area contributed by atoms with Gasteiger partial charge in [-0.1, -0.05) is 107 Å². The smallest absolute Gasteiger partial charge is 0.343 e. The molecule has 1 saturated carbocycles. The number of rotatable bonds is 33. The molecule has 10 fully saturated rings. The van der Waals surface area contributed by atoms with Gasteiger partial charge in [0.1, 0.15) is 39.6 Å². The number of aryl methyl sites for hydroxylation is 4. The zero-order valence-electron chi connectivity index (χ0n) is 84.7. The molecule has 0 spiro atoms. The molecule has 9 unspecified atom stereocenters. The molecule has 4 aromatic carbocycles. The van der Waals surface area contributed by atoms with Crippen molar-refractivity contribution in [2.24, 2.45) is 53.3 Å². The number of benzene rings is 4. The second-order valence-corrected chi connectivity index (χ2v) is 44.7. The summed E-state index contributed by atoms with van der Waals surface area (Å²) in [6.07, 6.45) is 16.7. The maximum Gasteiger partial charge on any atom is 0.343 e. The number of carboxylic acid groups (broad SMARTS) is 3. The summed E-state index contributed by atoms with van der Waals surface area (Å²) >= 11 is 34.0. The molecule has 1 amide bonds. The Hall–Kier alpha value is -9.88. The van der Waals surface area contributed by atoms with Crippen molar-refractivity contribution in [3.63, 3.8) is 0 Å². The minimum absolute atomic E-state index is 0.0158. The number of amides is 1. The monoisotopic (exact) mass is 2100 g/mol. The van der Waals surface area contributed by atoms with Gasteiger partial charge in [-0.2, -0.15) is 19.9 Å². The Bertz CT molecular complexity index is 6020. The number of esters is 1. The van der Waals surface area contributed by atoms with Crippen LogP contribution >= 0.6 is 69.3 Å². The summed E-state index contributed by atoms with van der Waals surface area (Å²) in [6.45, 7) is 38.3. The normalized spacial score (nSPS) is 22.7. The van der Waals surface area contributed by atoms with Gasteiger partial charge in [-0.25, -0.2) is 29.5 Å². The zero-order valence-corrected chi connectivity index (χ0v) is 89.3. The third-order valence-electron chi connectivity index (χ3n) is 31.3. The summed E-state index contributed by atoms with van der Waals surface area (Å²) in [5.74, 6) is 5.71. The van der Waals surface area contributed by atoms with E-state index in [1.807, 2.05) is 114 Å². The number of nitrogens with zero attached hydrogens (tertiary/aromatic N) is 17. The number of hydrogen-bond donors (Lipinski definition) is 9. The topological polar surface area (TPSA) is 376 Å². The van der Waals surface area contributed by atoms with Gasteiger partial charge < -0.3 is 85.8 Å². The van der Waals surface area contributed by atoms with E-state index in [0.29, 0.717) is 129 Å². The largest absolute Gasteiger partial charge is 0.481 e. The molecule has 10 aliphatic rings. The van der Waals surface area contributed by atoms with Crippen LogP contribution in [0.15, 0.2) is 103 Å². The van der Waals surface area contributed by atoms with E-state index in [0.717, 1.165) is 208 Å². The van der Waals surface area contributed by atoms with Crippen LogP contribution in [0, 0.1) is 81.0 Å². The van der Waals surface area contributed by atoms with Crippen molar-refractivity contribution in [1.29, 1.82) is 0 Å².